The molecular weight excluding hydrogens is 430 g/mol. The molecule has 4 rings (SSSR count). The predicted molar refractivity (Wildman–Crippen MR) is 135 cm³/mol. The van der Waals surface area contributed by atoms with E-state index in [1.165, 1.54) is 12.8 Å². The molecule has 0 unspecified atom stereocenters. The first-order valence-corrected chi connectivity index (χ1v) is 12.4. The lowest BCUT2D eigenvalue weighted by atomic mass is 10.1. The summed E-state index contributed by atoms with van der Waals surface area (Å²) in [6.45, 7) is 12.9. The number of aromatic nitrogens is 5. The zero-order valence-corrected chi connectivity index (χ0v) is 20.7. The van der Waals surface area contributed by atoms with Gasteiger partial charge in [0.2, 0.25) is 5.95 Å². The van der Waals surface area contributed by atoms with E-state index in [4.69, 9.17) is 15.2 Å². The molecular formula is C24H37N9O. The molecule has 0 aliphatic heterocycles. The molecule has 1 fully saturated rings. The number of hydrogen-bond donors (Lipinski definition) is 4. The van der Waals surface area contributed by atoms with Gasteiger partial charge in [-0.05, 0) is 50.9 Å². The van der Waals surface area contributed by atoms with Gasteiger partial charge in [0.15, 0.2) is 5.76 Å². The molecule has 0 spiro atoms. The standard InChI is InChI=1S/C24H37N9O/c1-5-33(6-2)11-7-10-26-23-21(20-13-19(30-31-20)16-8-9-16)22(25)28-24(29-23)27-14-17-12-18(15(3)4)32-34-17/h12-13,15-16H,5-11,14H2,1-4H3,(H,30,31)(H4,25,26,27,28,29). The van der Waals surface area contributed by atoms with E-state index in [2.05, 4.69) is 69.6 Å². The topological polar surface area (TPSA) is 134 Å². The Morgan fingerprint density at radius 3 is 2.65 bits per heavy atom. The summed E-state index contributed by atoms with van der Waals surface area (Å²) in [5, 5.41) is 18.5. The van der Waals surface area contributed by atoms with E-state index in [0.717, 1.165) is 61.0 Å². The van der Waals surface area contributed by atoms with E-state index in [-0.39, 0.29) is 0 Å². The third-order valence-corrected chi connectivity index (χ3v) is 6.24. The highest BCUT2D eigenvalue weighted by molar-refractivity contribution is 5.82. The summed E-state index contributed by atoms with van der Waals surface area (Å²) in [5.41, 5.74) is 10.0. The Balaban J connectivity index is 1.51. The second-order valence-electron chi connectivity index (χ2n) is 9.17. The van der Waals surface area contributed by atoms with Crippen molar-refractivity contribution >= 4 is 17.6 Å². The van der Waals surface area contributed by atoms with E-state index >= 15 is 0 Å². The molecule has 1 aliphatic carbocycles. The van der Waals surface area contributed by atoms with Crippen LogP contribution in [0.4, 0.5) is 17.6 Å². The number of rotatable bonds is 13. The molecule has 1 aliphatic rings. The van der Waals surface area contributed by atoms with Crippen molar-refractivity contribution in [1.29, 1.82) is 0 Å². The SMILES string of the molecule is CCN(CC)CCCNc1nc(NCc2cc(C(C)C)no2)nc(N)c1-c1cc(C2CC2)[nH]n1. The van der Waals surface area contributed by atoms with E-state index < -0.39 is 0 Å². The highest BCUT2D eigenvalue weighted by Crippen LogP contribution is 2.41. The third-order valence-electron chi connectivity index (χ3n) is 6.24. The number of anilines is 3. The van der Waals surface area contributed by atoms with Crippen molar-refractivity contribution < 1.29 is 4.52 Å². The molecule has 3 heterocycles. The van der Waals surface area contributed by atoms with Gasteiger partial charge < -0.3 is 25.8 Å². The molecule has 3 aromatic heterocycles. The summed E-state index contributed by atoms with van der Waals surface area (Å²) >= 11 is 0. The van der Waals surface area contributed by atoms with Gasteiger partial charge in [-0.15, -0.1) is 0 Å². The van der Waals surface area contributed by atoms with Gasteiger partial charge in [0, 0.05) is 24.2 Å². The number of nitrogens with two attached hydrogens (primary N) is 1. The summed E-state index contributed by atoms with van der Waals surface area (Å²) < 4.78 is 5.42. The van der Waals surface area contributed by atoms with Gasteiger partial charge in [-0.1, -0.05) is 32.9 Å². The predicted octanol–water partition coefficient (Wildman–Crippen LogP) is 4.19. The molecule has 0 aromatic carbocycles. The Bertz CT molecular complexity index is 1070. The highest BCUT2D eigenvalue weighted by atomic mass is 16.5. The van der Waals surface area contributed by atoms with Crippen LogP contribution in [0.1, 0.15) is 75.9 Å². The fourth-order valence-electron chi connectivity index (χ4n) is 3.91. The molecule has 10 heteroatoms. The van der Waals surface area contributed by atoms with Crippen molar-refractivity contribution in [2.45, 2.75) is 65.3 Å². The second-order valence-corrected chi connectivity index (χ2v) is 9.17. The van der Waals surface area contributed by atoms with Crippen LogP contribution in [0.5, 0.6) is 0 Å². The molecule has 10 nitrogen and oxygen atoms in total. The molecule has 184 valence electrons. The molecule has 0 amide bonds. The Hall–Kier alpha value is -3.14. The van der Waals surface area contributed by atoms with E-state index in [0.29, 0.717) is 36.0 Å². The van der Waals surface area contributed by atoms with Gasteiger partial charge in [0.05, 0.1) is 23.5 Å². The van der Waals surface area contributed by atoms with Crippen LogP contribution in [0.25, 0.3) is 11.3 Å². The van der Waals surface area contributed by atoms with Crippen molar-refractivity contribution in [3.05, 3.63) is 29.3 Å². The minimum atomic E-state index is 0.310. The van der Waals surface area contributed by atoms with Crippen LogP contribution < -0.4 is 16.4 Å². The Morgan fingerprint density at radius 2 is 1.97 bits per heavy atom. The number of nitrogens with one attached hydrogen (secondary N) is 3. The summed E-state index contributed by atoms with van der Waals surface area (Å²) in [4.78, 5) is 11.7. The first-order chi connectivity index (χ1) is 16.5. The van der Waals surface area contributed by atoms with Gasteiger partial charge in [0.1, 0.15) is 11.6 Å². The number of H-pyrrole nitrogens is 1. The lowest BCUT2D eigenvalue weighted by Gasteiger charge is -2.18. The van der Waals surface area contributed by atoms with Crippen molar-refractivity contribution in [3.63, 3.8) is 0 Å². The van der Waals surface area contributed by atoms with Crippen LogP contribution in [0.15, 0.2) is 16.7 Å². The normalized spacial score (nSPS) is 13.7. The summed E-state index contributed by atoms with van der Waals surface area (Å²) in [6, 6.07) is 4.02. The smallest absolute Gasteiger partial charge is 0.227 e. The van der Waals surface area contributed by atoms with Gasteiger partial charge in [-0.3, -0.25) is 5.10 Å². The minimum absolute atomic E-state index is 0.310. The number of nitrogens with zero attached hydrogens (tertiary/aromatic N) is 5. The van der Waals surface area contributed by atoms with Crippen molar-refractivity contribution in [3.8, 4) is 11.3 Å². The summed E-state index contributed by atoms with van der Waals surface area (Å²) in [6.07, 6.45) is 3.40. The molecule has 5 N–H and O–H groups in total. The van der Waals surface area contributed by atoms with Crippen molar-refractivity contribution in [2.24, 2.45) is 0 Å². The largest absolute Gasteiger partial charge is 0.383 e. The molecule has 0 bridgehead atoms. The monoisotopic (exact) mass is 467 g/mol. The maximum absolute atomic E-state index is 6.43. The maximum atomic E-state index is 6.43. The van der Waals surface area contributed by atoms with Crippen LogP contribution in [0, 0.1) is 0 Å². The Morgan fingerprint density at radius 1 is 1.18 bits per heavy atom. The Labute approximate surface area is 201 Å². The second kappa shape index (κ2) is 10.9. The zero-order chi connectivity index (χ0) is 24.1. The average molecular weight is 468 g/mol. The molecule has 0 saturated heterocycles. The maximum Gasteiger partial charge on any atom is 0.227 e. The lowest BCUT2D eigenvalue weighted by Crippen LogP contribution is -2.25. The van der Waals surface area contributed by atoms with Gasteiger partial charge in [-0.2, -0.15) is 15.1 Å². The van der Waals surface area contributed by atoms with Gasteiger partial charge in [-0.25, -0.2) is 0 Å². The number of aromatic amines is 1. The van der Waals surface area contributed by atoms with E-state index in [9.17, 15) is 0 Å². The van der Waals surface area contributed by atoms with Crippen molar-refractivity contribution in [2.75, 3.05) is 42.5 Å². The first-order valence-electron chi connectivity index (χ1n) is 12.4. The summed E-state index contributed by atoms with van der Waals surface area (Å²) in [5.74, 6) is 3.12. The number of nitrogen functional groups attached to an aromatic ring is 1. The fraction of sp³-hybridized carbons (Fsp3) is 0.583. The molecule has 0 radical (unpaired) electrons. The highest BCUT2D eigenvalue weighted by Gasteiger charge is 2.27. The van der Waals surface area contributed by atoms with Crippen LogP contribution >= 0.6 is 0 Å². The van der Waals surface area contributed by atoms with Crippen molar-refractivity contribution in [1.82, 2.24) is 30.2 Å². The Kier molecular flexibility index (Phi) is 7.66. The number of hydrogen-bond acceptors (Lipinski definition) is 9. The van der Waals surface area contributed by atoms with E-state index in [1.54, 1.807) is 0 Å². The van der Waals surface area contributed by atoms with Crippen LogP contribution in [0.3, 0.4) is 0 Å². The minimum Gasteiger partial charge on any atom is -0.383 e. The molecule has 3 aromatic rings. The third kappa shape index (κ3) is 5.85. The van der Waals surface area contributed by atoms with Crippen LogP contribution in [0.2, 0.25) is 0 Å². The van der Waals surface area contributed by atoms with Crippen LogP contribution in [-0.2, 0) is 6.54 Å². The molecule has 1 saturated carbocycles. The molecule has 0 atom stereocenters. The van der Waals surface area contributed by atoms with Gasteiger partial charge in [0.25, 0.3) is 0 Å². The van der Waals surface area contributed by atoms with Crippen LogP contribution in [-0.4, -0.2) is 56.4 Å². The lowest BCUT2D eigenvalue weighted by molar-refractivity contribution is 0.303. The average Bonchev–Trinajstić information content (AvgIpc) is 3.36. The van der Waals surface area contributed by atoms with Gasteiger partial charge >= 0.3 is 0 Å². The summed E-state index contributed by atoms with van der Waals surface area (Å²) in [7, 11) is 0. The quantitative estimate of drug-likeness (QED) is 0.273. The fourth-order valence-corrected chi connectivity index (χ4v) is 3.91. The zero-order valence-electron chi connectivity index (χ0n) is 20.7. The first kappa shape index (κ1) is 24.0. The molecule has 34 heavy (non-hydrogen) atoms. The van der Waals surface area contributed by atoms with E-state index in [1.807, 2.05) is 6.07 Å².